The average molecular weight is 699 g/mol. The van der Waals surface area contributed by atoms with E-state index >= 15 is 0 Å². The van der Waals surface area contributed by atoms with Gasteiger partial charge in [-0.05, 0) is 38.5 Å². The number of hydrogen-bond acceptors (Lipinski definition) is 8. The number of unbranched alkanes of at least 4 members (excludes halogenated alkanes) is 19. The van der Waals surface area contributed by atoms with Crippen molar-refractivity contribution in [2.24, 2.45) is 0 Å². The Bertz CT molecular complexity index is 888. The molecule has 0 bridgehead atoms. The number of rotatable bonds is 33. The lowest BCUT2D eigenvalue weighted by atomic mass is 10.0. The van der Waals surface area contributed by atoms with Gasteiger partial charge in [-0.15, -0.1) is 0 Å². The molecule has 0 aromatic heterocycles. The van der Waals surface area contributed by atoms with Crippen molar-refractivity contribution in [2.75, 3.05) is 11.5 Å². The maximum Gasteiger partial charge on any atom is 0.306 e. The quantitative estimate of drug-likeness (QED) is 0.0385. The van der Waals surface area contributed by atoms with Gasteiger partial charge >= 0.3 is 11.9 Å². The number of carbonyl (C=O) groups is 2. The van der Waals surface area contributed by atoms with Gasteiger partial charge in [0.1, 0.15) is 23.7 Å². The normalized spacial score (nSPS) is 13.4. The highest BCUT2D eigenvalue weighted by atomic mass is 32.2. The summed E-state index contributed by atoms with van der Waals surface area (Å²) in [4.78, 5) is 24.7. The highest BCUT2D eigenvalue weighted by Gasteiger charge is 2.22. The monoisotopic (exact) mass is 698 g/mol. The summed E-state index contributed by atoms with van der Waals surface area (Å²) < 4.78 is 75.0. The Morgan fingerprint density at radius 2 is 0.717 bits per heavy atom. The molecule has 0 saturated carbocycles. The van der Waals surface area contributed by atoms with Crippen LogP contribution in [0.25, 0.3) is 0 Å². The number of ether oxygens (including phenoxy) is 2. The van der Waals surface area contributed by atoms with E-state index in [1.54, 1.807) is 0 Å². The van der Waals surface area contributed by atoms with Crippen LogP contribution in [0.3, 0.4) is 0 Å². The van der Waals surface area contributed by atoms with Gasteiger partial charge in [0.15, 0.2) is 0 Å². The first kappa shape index (κ1) is 44.8. The van der Waals surface area contributed by atoms with E-state index in [-0.39, 0.29) is 12.8 Å². The third-order valence-corrected chi connectivity index (χ3v) is 9.75. The summed E-state index contributed by atoms with van der Waals surface area (Å²) in [6.45, 7) is 4.39. The first-order chi connectivity index (χ1) is 21.9. The second-order valence-electron chi connectivity index (χ2n) is 12.9. The fraction of sp³-hybridized carbons (Fsp3) is 0.941. The molecule has 0 fully saturated rings. The molecule has 0 heterocycles. The first-order valence-electron chi connectivity index (χ1n) is 18.2. The fourth-order valence-corrected chi connectivity index (χ4v) is 6.98. The molecule has 2 N–H and O–H groups in total. The summed E-state index contributed by atoms with van der Waals surface area (Å²) in [5, 5.41) is 0. The molecular formula is C34H66O10S2. The molecule has 2 unspecified atom stereocenters. The van der Waals surface area contributed by atoms with Crippen LogP contribution in [-0.4, -0.2) is 61.6 Å². The molecule has 274 valence electrons. The SMILES string of the molecule is CCCCCCCCCCCCC(CS(=O)(=O)O)OC(=O)CCCCC(=O)OC(CCCCCCCCCCCC)CS(=O)(=O)O. The average Bonchev–Trinajstić information content (AvgIpc) is 2.95. The van der Waals surface area contributed by atoms with Crippen LogP contribution < -0.4 is 0 Å². The minimum Gasteiger partial charge on any atom is -0.461 e. The van der Waals surface area contributed by atoms with E-state index in [0.717, 1.165) is 38.5 Å². The molecule has 0 spiro atoms. The molecule has 0 aromatic carbocycles. The van der Waals surface area contributed by atoms with E-state index in [2.05, 4.69) is 13.8 Å². The van der Waals surface area contributed by atoms with Gasteiger partial charge in [-0.25, -0.2) is 0 Å². The van der Waals surface area contributed by atoms with Crippen molar-refractivity contribution < 1.29 is 45.0 Å². The molecule has 0 rings (SSSR count). The van der Waals surface area contributed by atoms with Crippen molar-refractivity contribution >= 4 is 32.2 Å². The van der Waals surface area contributed by atoms with E-state index < -0.39 is 55.9 Å². The zero-order valence-corrected chi connectivity index (χ0v) is 30.6. The second-order valence-corrected chi connectivity index (χ2v) is 15.9. The number of esters is 2. The molecule has 0 radical (unpaired) electrons. The van der Waals surface area contributed by atoms with Crippen molar-refractivity contribution in [3.05, 3.63) is 0 Å². The van der Waals surface area contributed by atoms with E-state index in [1.165, 1.54) is 77.0 Å². The molecular weight excluding hydrogens is 632 g/mol. The Morgan fingerprint density at radius 3 is 0.978 bits per heavy atom. The van der Waals surface area contributed by atoms with E-state index in [4.69, 9.17) is 9.47 Å². The maximum atomic E-state index is 12.4. The van der Waals surface area contributed by atoms with Crippen LogP contribution in [0.2, 0.25) is 0 Å². The largest absolute Gasteiger partial charge is 0.461 e. The predicted octanol–water partition coefficient (Wildman–Crippen LogP) is 8.77. The molecule has 0 aromatic rings. The summed E-state index contributed by atoms with van der Waals surface area (Å²) in [6, 6.07) is 0. The lowest BCUT2D eigenvalue weighted by Gasteiger charge is -2.17. The zero-order chi connectivity index (χ0) is 34.5. The second kappa shape index (κ2) is 28.7. The van der Waals surface area contributed by atoms with Crippen molar-refractivity contribution in [1.82, 2.24) is 0 Å². The van der Waals surface area contributed by atoms with Gasteiger partial charge in [0, 0.05) is 12.8 Å². The lowest BCUT2D eigenvalue weighted by molar-refractivity contribution is -0.150. The summed E-state index contributed by atoms with van der Waals surface area (Å²) in [7, 11) is -8.62. The van der Waals surface area contributed by atoms with Gasteiger partial charge in [-0.3, -0.25) is 18.7 Å². The third kappa shape index (κ3) is 32.7. The molecule has 2 atom stereocenters. The Morgan fingerprint density at radius 1 is 0.457 bits per heavy atom. The Kier molecular flexibility index (Phi) is 28.0. The molecule has 0 aliphatic rings. The van der Waals surface area contributed by atoms with Crippen molar-refractivity contribution in [3.8, 4) is 0 Å². The minimum absolute atomic E-state index is 0.0274. The standard InChI is InChI=1S/C34H66O10S2/c1-3-5-7-9-11-13-15-17-19-21-25-31(29-45(37,38)39)43-33(35)27-23-24-28-34(36)44-32(30-46(40,41)42)26-22-20-18-16-14-12-10-8-6-4-2/h31-32H,3-30H2,1-2H3,(H,37,38,39)(H,40,41,42). The van der Waals surface area contributed by atoms with E-state index in [9.17, 15) is 35.5 Å². The van der Waals surface area contributed by atoms with Crippen LogP contribution in [0.15, 0.2) is 0 Å². The van der Waals surface area contributed by atoms with E-state index in [1.807, 2.05) is 0 Å². The molecule has 46 heavy (non-hydrogen) atoms. The van der Waals surface area contributed by atoms with Gasteiger partial charge in [0.25, 0.3) is 20.2 Å². The first-order valence-corrected chi connectivity index (χ1v) is 21.4. The smallest absolute Gasteiger partial charge is 0.306 e. The minimum atomic E-state index is -4.31. The lowest BCUT2D eigenvalue weighted by Crippen LogP contribution is -2.27. The van der Waals surface area contributed by atoms with Crippen molar-refractivity contribution in [2.45, 2.75) is 193 Å². The van der Waals surface area contributed by atoms with Crippen LogP contribution in [0.4, 0.5) is 0 Å². The van der Waals surface area contributed by atoms with Gasteiger partial charge < -0.3 is 9.47 Å². The van der Waals surface area contributed by atoms with Gasteiger partial charge in [0.05, 0.1) is 0 Å². The zero-order valence-electron chi connectivity index (χ0n) is 28.9. The molecule has 12 heteroatoms. The summed E-state index contributed by atoms with van der Waals surface area (Å²) in [6.07, 6.45) is 21.8. The highest BCUT2D eigenvalue weighted by Crippen LogP contribution is 2.17. The molecule has 0 saturated heterocycles. The Balaban J connectivity index is 4.34. The molecule has 0 amide bonds. The molecule has 0 aliphatic carbocycles. The third-order valence-electron chi connectivity index (χ3n) is 8.16. The van der Waals surface area contributed by atoms with Crippen LogP contribution >= 0.6 is 0 Å². The van der Waals surface area contributed by atoms with Crippen LogP contribution in [-0.2, 0) is 39.3 Å². The number of hydrogen-bond donors (Lipinski definition) is 2. The van der Waals surface area contributed by atoms with Gasteiger partial charge in [-0.1, -0.05) is 129 Å². The maximum absolute atomic E-state index is 12.4. The number of carbonyl (C=O) groups excluding carboxylic acids is 2. The van der Waals surface area contributed by atoms with Gasteiger partial charge in [-0.2, -0.15) is 16.8 Å². The summed E-state index contributed by atoms with van der Waals surface area (Å²) in [5.41, 5.74) is 0. The summed E-state index contributed by atoms with van der Waals surface area (Å²) in [5.74, 6) is -2.48. The Labute approximate surface area is 281 Å². The van der Waals surface area contributed by atoms with Crippen LogP contribution in [0, 0.1) is 0 Å². The van der Waals surface area contributed by atoms with Gasteiger partial charge in [0.2, 0.25) is 0 Å². The van der Waals surface area contributed by atoms with Crippen molar-refractivity contribution in [1.29, 1.82) is 0 Å². The fourth-order valence-electron chi connectivity index (χ4n) is 5.57. The summed E-state index contributed by atoms with van der Waals surface area (Å²) >= 11 is 0. The van der Waals surface area contributed by atoms with Crippen LogP contribution in [0.1, 0.15) is 181 Å². The highest BCUT2D eigenvalue weighted by molar-refractivity contribution is 7.86. The molecule has 0 aliphatic heterocycles. The van der Waals surface area contributed by atoms with Crippen molar-refractivity contribution in [3.63, 3.8) is 0 Å². The Hall–Kier alpha value is -1.24. The predicted molar refractivity (Wildman–Crippen MR) is 184 cm³/mol. The van der Waals surface area contributed by atoms with Crippen LogP contribution in [0.5, 0.6) is 0 Å². The topological polar surface area (TPSA) is 161 Å². The van der Waals surface area contributed by atoms with E-state index in [0.29, 0.717) is 38.5 Å². The molecule has 10 nitrogen and oxygen atoms in total.